The summed E-state index contributed by atoms with van der Waals surface area (Å²) in [6, 6.07) is 21.1. The fourth-order valence-corrected chi connectivity index (χ4v) is 4.33. The van der Waals surface area contributed by atoms with E-state index in [-0.39, 0.29) is 5.78 Å². The van der Waals surface area contributed by atoms with Gasteiger partial charge in [-0.1, -0.05) is 30.3 Å². The van der Waals surface area contributed by atoms with Crippen molar-refractivity contribution in [3.8, 4) is 11.5 Å². The summed E-state index contributed by atoms with van der Waals surface area (Å²) >= 11 is 0. The summed E-state index contributed by atoms with van der Waals surface area (Å²) in [6.07, 6.45) is 1.04. The minimum atomic E-state index is -3.77. The van der Waals surface area contributed by atoms with Gasteiger partial charge in [0.1, 0.15) is 17.5 Å². The zero-order valence-electron chi connectivity index (χ0n) is 18.0. The summed E-state index contributed by atoms with van der Waals surface area (Å²) in [7, 11) is -3.77. The highest BCUT2D eigenvalue weighted by atomic mass is 32.2. The van der Waals surface area contributed by atoms with E-state index in [2.05, 4.69) is 5.32 Å². The van der Waals surface area contributed by atoms with Crippen LogP contribution in [-0.4, -0.2) is 32.4 Å². The molecule has 1 atom stereocenters. The van der Waals surface area contributed by atoms with Gasteiger partial charge in [-0.3, -0.25) is 13.9 Å². The predicted octanol–water partition coefficient (Wildman–Crippen LogP) is 4.47. The smallest absolute Gasteiger partial charge is 0.247 e. The lowest BCUT2D eigenvalue weighted by Gasteiger charge is -2.28. The number of sulfonamides is 1. The highest BCUT2D eigenvalue weighted by molar-refractivity contribution is 7.92. The first-order valence-electron chi connectivity index (χ1n) is 9.89. The molecule has 1 unspecified atom stereocenters. The molecule has 0 saturated heterocycles. The summed E-state index contributed by atoms with van der Waals surface area (Å²) in [5.74, 6) is 0.526. The van der Waals surface area contributed by atoms with E-state index in [0.717, 1.165) is 10.6 Å². The Bertz CT molecular complexity index is 1210. The van der Waals surface area contributed by atoms with Gasteiger partial charge in [0.25, 0.3) is 0 Å². The number of anilines is 2. The fraction of sp³-hybridized carbons (Fsp3) is 0.167. The molecular weight excluding hydrogens is 428 g/mol. The average Bonchev–Trinajstić information content (AvgIpc) is 2.75. The van der Waals surface area contributed by atoms with Crippen LogP contribution in [-0.2, 0) is 14.8 Å². The summed E-state index contributed by atoms with van der Waals surface area (Å²) < 4.78 is 31.8. The number of ether oxygens (including phenoxy) is 1. The molecule has 0 fully saturated rings. The number of hydrogen-bond donors (Lipinski definition) is 1. The molecule has 3 aromatic rings. The number of benzene rings is 3. The van der Waals surface area contributed by atoms with Gasteiger partial charge in [0.2, 0.25) is 15.9 Å². The first kappa shape index (κ1) is 23.0. The molecule has 0 heterocycles. The Morgan fingerprint density at radius 3 is 2.12 bits per heavy atom. The van der Waals surface area contributed by atoms with Crippen molar-refractivity contribution in [3.05, 3.63) is 84.4 Å². The Labute approximate surface area is 187 Å². The maximum atomic E-state index is 12.8. The molecule has 0 aliphatic heterocycles. The summed E-state index contributed by atoms with van der Waals surface area (Å²) in [4.78, 5) is 24.4. The topological polar surface area (TPSA) is 92.8 Å². The molecule has 0 radical (unpaired) electrons. The number of ketones is 1. The molecule has 0 aliphatic carbocycles. The average molecular weight is 453 g/mol. The van der Waals surface area contributed by atoms with Crippen LogP contribution in [0.25, 0.3) is 0 Å². The van der Waals surface area contributed by atoms with Gasteiger partial charge in [-0.15, -0.1) is 0 Å². The molecule has 32 heavy (non-hydrogen) atoms. The molecule has 0 aromatic heterocycles. The largest absolute Gasteiger partial charge is 0.457 e. The zero-order valence-corrected chi connectivity index (χ0v) is 18.8. The van der Waals surface area contributed by atoms with Crippen LogP contribution in [0.3, 0.4) is 0 Å². The minimum absolute atomic E-state index is 0.135. The third-order valence-electron chi connectivity index (χ3n) is 4.70. The maximum Gasteiger partial charge on any atom is 0.247 e. The maximum absolute atomic E-state index is 12.8. The van der Waals surface area contributed by atoms with Crippen molar-refractivity contribution in [2.24, 2.45) is 0 Å². The number of nitrogens with one attached hydrogen (secondary N) is 1. The van der Waals surface area contributed by atoms with E-state index in [4.69, 9.17) is 4.74 Å². The standard InChI is InChI=1S/C24H24N2O5S/c1-17(24(28)25-20-9-7-8-19(16-20)18(2)27)26(32(3,29)30)21-12-14-23(15-13-21)31-22-10-5-4-6-11-22/h4-17H,1-3H3,(H,25,28). The molecule has 0 bridgehead atoms. The molecule has 0 saturated carbocycles. The number of rotatable bonds is 8. The Hall–Kier alpha value is -3.65. The van der Waals surface area contributed by atoms with Crippen LogP contribution in [0.1, 0.15) is 24.2 Å². The Morgan fingerprint density at radius 1 is 0.906 bits per heavy atom. The Balaban J connectivity index is 1.80. The van der Waals surface area contributed by atoms with Crippen molar-refractivity contribution >= 4 is 33.1 Å². The van der Waals surface area contributed by atoms with Gasteiger partial charge >= 0.3 is 0 Å². The number of para-hydroxylation sites is 1. The van der Waals surface area contributed by atoms with Crippen molar-refractivity contribution in [3.63, 3.8) is 0 Å². The van der Waals surface area contributed by atoms with Gasteiger partial charge in [-0.25, -0.2) is 8.42 Å². The molecule has 166 valence electrons. The number of amides is 1. The number of hydrogen-bond acceptors (Lipinski definition) is 5. The van der Waals surface area contributed by atoms with Gasteiger partial charge < -0.3 is 10.1 Å². The molecule has 1 N–H and O–H groups in total. The van der Waals surface area contributed by atoms with Crippen LogP contribution in [0.15, 0.2) is 78.9 Å². The molecule has 8 heteroatoms. The molecule has 3 rings (SSSR count). The van der Waals surface area contributed by atoms with E-state index >= 15 is 0 Å². The predicted molar refractivity (Wildman–Crippen MR) is 125 cm³/mol. The summed E-state index contributed by atoms with van der Waals surface area (Å²) in [5.41, 5.74) is 1.19. The first-order valence-corrected chi connectivity index (χ1v) is 11.7. The highest BCUT2D eigenvalue weighted by Crippen LogP contribution is 2.27. The fourth-order valence-electron chi connectivity index (χ4n) is 3.16. The number of Topliss-reactive ketones (excluding diaryl/α,β-unsaturated/α-hetero) is 1. The molecule has 0 spiro atoms. The van der Waals surface area contributed by atoms with Crippen molar-refractivity contribution in [1.29, 1.82) is 0 Å². The van der Waals surface area contributed by atoms with Crippen molar-refractivity contribution in [2.45, 2.75) is 19.9 Å². The van der Waals surface area contributed by atoms with Gasteiger partial charge in [0.05, 0.1) is 11.9 Å². The van der Waals surface area contributed by atoms with Gasteiger partial charge in [-0.2, -0.15) is 0 Å². The lowest BCUT2D eigenvalue weighted by Crippen LogP contribution is -2.45. The van der Waals surface area contributed by atoms with Crippen LogP contribution in [0.5, 0.6) is 11.5 Å². The van der Waals surface area contributed by atoms with Crippen LogP contribution in [0.2, 0.25) is 0 Å². The van der Waals surface area contributed by atoms with E-state index in [1.807, 2.05) is 30.3 Å². The van der Waals surface area contributed by atoms with Crippen molar-refractivity contribution in [2.75, 3.05) is 15.9 Å². The Morgan fingerprint density at radius 2 is 1.53 bits per heavy atom. The second-order valence-electron chi connectivity index (χ2n) is 7.27. The normalized spacial score (nSPS) is 12.0. The van der Waals surface area contributed by atoms with Crippen LogP contribution in [0.4, 0.5) is 11.4 Å². The number of carbonyl (C=O) groups is 2. The van der Waals surface area contributed by atoms with Gasteiger partial charge in [-0.05, 0) is 62.4 Å². The highest BCUT2D eigenvalue weighted by Gasteiger charge is 2.29. The molecule has 1 amide bonds. The van der Waals surface area contributed by atoms with Crippen LogP contribution in [0, 0.1) is 0 Å². The van der Waals surface area contributed by atoms with E-state index in [1.165, 1.54) is 13.8 Å². The number of carbonyl (C=O) groups excluding carboxylic acids is 2. The molecular formula is C24H24N2O5S. The second kappa shape index (κ2) is 9.65. The molecule has 3 aromatic carbocycles. The number of nitrogens with zero attached hydrogens (tertiary/aromatic N) is 1. The van der Waals surface area contributed by atoms with E-state index < -0.39 is 22.0 Å². The van der Waals surface area contributed by atoms with E-state index in [0.29, 0.717) is 28.4 Å². The van der Waals surface area contributed by atoms with Crippen molar-refractivity contribution in [1.82, 2.24) is 0 Å². The van der Waals surface area contributed by atoms with Crippen LogP contribution >= 0.6 is 0 Å². The quantitative estimate of drug-likeness (QED) is 0.509. The lowest BCUT2D eigenvalue weighted by atomic mass is 10.1. The second-order valence-corrected chi connectivity index (χ2v) is 9.13. The van der Waals surface area contributed by atoms with E-state index in [1.54, 1.807) is 48.5 Å². The van der Waals surface area contributed by atoms with Gasteiger partial charge in [0.15, 0.2) is 5.78 Å². The SMILES string of the molecule is CC(=O)c1cccc(NC(=O)C(C)N(c2ccc(Oc3ccccc3)cc2)S(C)(=O)=O)c1. The van der Waals surface area contributed by atoms with Crippen molar-refractivity contribution < 1.29 is 22.7 Å². The van der Waals surface area contributed by atoms with Crippen LogP contribution < -0.4 is 14.4 Å². The zero-order chi connectivity index (χ0) is 23.3. The molecule has 0 aliphatic rings. The molecule has 7 nitrogen and oxygen atoms in total. The first-order chi connectivity index (χ1) is 15.1. The lowest BCUT2D eigenvalue weighted by molar-refractivity contribution is -0.116. The third kappa shape index (κ3) is 5.73. The third-order valence-corrected chi connectivity index (χ3v) is 5.94. The van der Waals surface area contributed by atoms with E-state index in [9.17, 15) is 18.0 Å². The summed E-state index contributed by atoms with van der Waals surface area (Å²) in [5, 5.41) is 2.68. The summed E-state index contributed by atoms with van der Waals surface area (Å²) in [6.45, 7) is 2.93. The van der Waals surface area contributed by atoms with Gasteiger partial charge in [0, 0.05) is 11.3 Å². The minimum Gasteiger partial charge on any atom is -0.457 e. The monoisotopic (exact) mass is 452 g/mol. The Kier molecular flexibility index (Phi) is 6.95.